The number of aliphatic hydroxyl groups excluding tert-OH is 1. The largest absolute Gasteiger partial charge is 0.449 e. The number of carbonyl (C=O) groups is 1. The Kier molecular flexibility index (Phi) is 4.64. The molecule has 2 aromatic carbocycles. The number of aliphatic hydroxyl groups is 1. The van der Waals surface area contributed by atoms with E-state index in [-0.39, 0.29) is 19.1 Å². The van der Waals surface area contributed by atoms with Gasteiger partial charge in [-0.1, -0.05) is 48.5 Å². The van der Waals surface area contributed by atoms with Crippen molar-refractivity contribution >= 4 is 6.09 Å². The summed E-state index contributed by atoms with van der Waals surface area (Å²) < 4.78 is 7.13. The van der Waals surface area contributed by atoms with Crippen molar-refractivity contribution < 1.29 is 14.6 Å². The van der Waals surface area contributed by atoms with Crippen LogP contribution in [-0.2, 0) is 11.8 Å². The van der Waals surface area contributed by atoms with Crippen molar-refractivity contribution in [3.05, 3.63) is 77.6 Å². The van der Waals surface area contributed by atoms with Crippen molar-refractivity contribution in [3.8, 4) is 11.1 Å². The third-order valence-electron chi connectivity index (χ3n) is 5.03. The maximum atomic E-state index is 12.3. The fourth-order valence-corrected chi connectivity index (χ4v) is 3.72. The summed E-state index contributed by atoms with van der Waals surface area (Å²) in [5, 5.41) is 16.4. The number of benzene rings is 2. The van der Waals surface area contributed by atoms with Crippen molar-refractivity contribution in [1.29, 1.82) is 0 Å². The minimum absolute atomic E-state index is 0.00688. The topological polar surface area (TPSA) is 76.4 Å². The summed E-state index contributed by atoms with van der Waals surface area (Å²) in [5.41, 5.74) is 5.41. The Balaban J connectivity index is 1.47. The lowest BCUT2D eigenvalue weighted by Crippen LogP contribution is -2.33. The molecule has 2 N–H and O–H groups in total. The summed E-state index contributed by atoms with van der Waals surface area (Å²) in [5.74, 6) is 0.00688. The molecule has 6 nitrogen and oxygen atoms in total. The summed E-state index contributed by atoms with van der Waals surface area (Å²) >= 11 is 0. The Morgan fingerprint density at radius 1 is 1.15 bits per heavy atom. The molecule has 138 valence electrons. The zero-order valence-electron chi connectivity index (χ0n) is 15.0. The normalized spacial score (nSPS) is 13.7. The number of aryl methyl sites for hydroxylation is 1. The summed E-state index contributed by atoms with van der Waals surface area (Å²) in [6.07, 6.45) is 1.06. The highest BCUT2D eigenvalue weighted by atomic mass is 16.5. The van der Waals surface area contributed by atoms with Gasteiger partial charge in [-0.25, -0.2) is 4.79 Å². The van der Waals surface area contributed by atoms with Crippen LogP contribution in [0.5, 0.6) is 0 Å². The molecule has 6 heteroatoms. The van der Waals surface area contributed by atoms with Crippen LogP contribution in [0.4, 0.5) is 4.79 Å². The molecule has 0 spiro atoms. The fraction of sp³-hybridized carbons (Fsp3) is 0.238. The van der Waals surface area contributed by atoms with Crippen LogP contribution in [0.1, 0.15) is 28.8 Å². The molecule has 0 fully saturated rings. The molecule has 27 heavy (non-hydrogen) atoms. The summed E-state index contributed by atoms with van der Waals surface area (Å²) in [6, 6.07) is 17.6. The zero-order valence-corrected chi connectivity index (χ0v) is 15.0. The van der Waals surface area contributed by atoms with Crippen molar-refractivity contribution in [2.45, 2.75) is 12.0 Å². The third kappa shape index (κ3) is 3.19. The Bertz CT molecular complexity index is 921. The van der Waals surface area contributed by atoms with Gasteiger partial charge in [0.1, 0.15) is 6.61 Å². The maximum absolute atomic E-state index is 12.3. The van der Waals surface area contributed by atoms with Crippen LogP contribution in [0.25, 0.3) is 11.1 Å². The summed E-state index contributed by atoms with van der Waals surface area (Å²) in [4.78, 5) is 12.3. The number of fused-ring (bicyclic) bond motifs is 3. The molecule has 1 amide bonds. The second-order valence-corrected chi connectivity index (χ2v) is 6.58. The number of amides is 1. The molecule has 0 radical (unpaired) electrons. The van der Waals surface area contributed by atoms with E-state index in [2.05, 4.69) is 34.7 Å². The predicted octanol–water partition coefficient (Wildman–Crippen LogP) is 2.99. The molecule has 1 aliphatic carbocycles. The SMILES string of the molecule is Cn1nccc1C(CO)NC(=O)OCC1c2ccccc2-c2ccccc21. The number of alkyl carbamates (subject to hydrolysis) is 1. The van der Waals surface area contributed by atoms with Gasteiger partial charge in [0, 0.05) is 19.2 Å². The molecule has 3 aromatic rings. The lowest BCUT2D eigenvalue weighted by molar-refractivity contribution is 0.131. The van der Waals surface area contributed by atoms with Crippen LogP contribution in [0, 0.1) is 0 Å². The monoisotopic (exact) mass is 363 g/mol. The number of ether oxygens (including phenoxy) is 1. The second kappa shape index (κ2) is 7.25. The number of hydrogen-bond acceptors (Lipinski definition) is 4. The van der Waals surface area contributed by atoms with Crippen LogP contribution < -0.4 is 5.32 Å². The van der Waals surface area contributed by atoms with Gasteiger partial charge in [-0.05, 0) is 28.3 Å². The average Bonchev–Trinajstić information content (AvgIpc) is 3.26. The lowest BCUT2D eigenvalue weighted by atomic mass is 9.98. The number of nitrogens with one attached hydrogen (secondary N) is 1. The smallest absolute Gasteiger partial charge is 0.407 e. The molecule has 0 saturated carbocycles. The Labute approximate surface area is 157 Å². The summed E-state index contributed by atoms with van der Waals surface area (Å²) in [7, 11) is 1.76. The first-order chi connectivity index (χ1) is 13.2. The first-order valence-electron chi connectivity index (χ1n) is 8.89. The van der Waals surface area contributed by atoms with E-state index in [4.69, 9.17) is 4.74 Å². The van der Waals surface area contributed by atoms with Gasteiger partial charge in [0.05, 0.1) is 18.3 Å². The van der Waals surface area contributed by atoms with Gasteiger partial charge in [0.2, 0.25) is 0 Å². The highest BCUT2D eigenvalue weighted by Gasteiger charge is 2.29. The first kappa shape index (κ1) is 17.3. The van der Waals surface area contributed by atoms with Gasteiger partial charge >= 0.3 is 6.09 Å². The molecular formula is C21H21N3O3. The minimum Gasteiger partial charge on any atom is -0.449 e. The molecule has 0 aliphatic heterocycles. The Morgan fingerprint density at radius 3 is 2.33 bits per heavy atom. The average molecular weight is 363 g/mol. The van der Waals surface area contributed by atoms with Gasteiger partial charge < -0.3 is 15.2 Å². The van der Waals surface area contributed by atoms with Crippen LogP contribution in [-0.4, -0.2) is 34.2 Å². The molecule has 1 atom stereocenters. The number of carbonyl (C=O) groups excluding carboxylic acids is 1. The lowest BCUT2D eigenvalue weighted by Gasteiger charge is -2.18. The highest BCUT2D eigenvalue weighted by Crippen LogP contribution is 2.44. The molecule has 1 aromatic heterocycles. The van der Waals surface area contributed by atoms with E-state index in [9.17, 15) is 9.90 Å². The van der Waals surface area contributed by atoms with E-state index >= 15 is 0 Å². The van der Waals surface area contributed by atoms with Crippen LogP contribution in [0.3, 0.4) is 0 Å². The van der Waals surface area contributed by atoms with Crippen LogP contribution in [0.15, 0.2) is 60.8 Å². The number of nitrogens with zero attached hydrogens (tertiary/aromatic N) is 2. The molecule has 1 unspecified atom stereocenters. The Morgan fingerprint density at radius 2 is 1.78 bits per heavy atom. The number of aromatic nitrogens is 2. The van der Waals surface area contributed by atoms with E-state index < -0.39 is 12.1 Å². The quantitative estimate of drug-likeness (QED) is 0.731. The Hall–Kier alpha value is -3.12. The van der Waals surface area contributed by atoms with E-state index in [0.717, 1.165) is 11.1 Å². The standard InChI is InChI=1S/C21H21N3O3/c1-24-20(10-11-22-24)19(12-25)23-21(26)27-13-18-16-8-4-2-6-14(16)15-7-3-5-9-17(15)18/h2-11,18-19,25H,12-13H2,1H3,(H,23,26). The van der Waals surface area contributed by atoms with Crippen LogP contribution in [0.2, 0.25) is 0 Å². The van der Waals surface area contributed by atoms with E-state index in [0.29, 0.717) is 5.69 Å². The van der Waals surface area contributed by atoms with Crippen molar-refractivity contribution in [2.75, 3.05) is 13.2 Å². The number of rotatable bonds is 5. The van der Waals surface area contributed by atoms with Gasteiger partial charge in [-0.2, -0.15) is 5.10 Å². The molecule has 1 aliphatic rings. The highest BCUT2D eigenvalue weighted by molar-refractivity contribution is 5.79. The maximum Gasteiger partial charge on any atom is 0.407 e. The molecule has 0 bridgehead atoms. The van der Waals surface area contributed by atoms with Crippen molar-refractivity contribution in [1.82, 2.24) is 15.1 Å². The van der Waals surface area contributed by atoms with Gasteiger partial charge in [-0.15, -0.1) is 0 Å². The van der Waals surface area contributed by atoms with E-state index in [1.807, 2.05) is 24.3 Å². The van der Waals surface area contributed by atoms with Crippen molar-refractivity contribution in [3.63, 3.8) is 0 Å². The molecule has 4 rings (SSSR count). The zero-order chi connectivity index (χ0) is 18.8. The third-order valence-corrected chi connectivity index (χ3v) is 5.03. The number of hydrogen-bond donors (Lipinski definition) is 2. The van der Waals surface area contributed by atoms with Crippen LogP contribution >= 0.6 is 0 Å². The molecular weight excluding hydrogens is 342 g/mol. The predicted molar refractivity (Wildman–Crippen MR) is 101 cm³/mol. The minimum atomic E-state index is -0.562. The van der Waals surface area contributed by atoms with Gasteiger partial charge in [0.25, 0.3) is 0 Å². The van der Waals surface area contributed by atoms with E-state index in [1.54, 1.807) is 24.0 Å². The summed E-state index contributed by atoms with van der Waals surface area (Å²) in [6.45, 7) is 0.00707. The van der Waals surface area contributed by atoms with Crippen molar-refractivity contribution in [2.24, 2.45) is 7.05 Å². The van der Waals surface area contributed by atoms with Gasteiger partial charge in [0.15, 0.2) is 0 Å². The fourth-order valence-electron chi connectivity index (χ4n) is 3.72. The molecule has 1 heterocycles. The van der Waals surface area contributed by atoms with Gasteiger partial charge in [-0.3, -0.25) is 4.68 Å². The van der Waals surface area contributed by atoms with E-state index in [1.165, 1.54) is 11.1 Å². The molecule has 0 saturated heterocycles. The second-order valence-electron chi connectivity index (χ2n) is 6.58. The first-order valence-corrected chi connectivity index (χ1v) is 8.89.